The molecule has 0 aliphatic heterocycles. The highest BCUT2D eigenvalue weighted by molar-refractivity contribution is 5.96. The fraction of sp³-hybridized carbons (Fsp3) is 0.353. The lowest BCUT2D eigenvalue weighted by atomic mass is 9.94. The average Bonchev–Trinajstić information content (AvgIpc) is 3.75. The van der Waals surface area contributed by atoms with Gasteiger partial charge in [0.05, 0.1) is 11.7 Å². The molecule has 1 aliphatic carbocycles. The summed E-state index contributed by atoms with van der Waals surface area (Å²) in [6.45, 7) is 2.96. The maximum absolute atomic E-state index is 14.2. The highest BCUT2D eigenvalue weighted by atomic mass is 19.4. The molecule has 1 aliphatic rings. The number of halogens is 5. The number of carbonyl (C=O) groups is 2. The van der Waals surface area contributed by atoms with Gasteiger partial charge in [-0.2, -0.15) is 18.3 Å². The van der Waals surface area contributed by atoms with Crippen molar-refractivity contribution >= 4 is 11.8 Å². The van der Waals surface area contributed by atoms with Crippen molar-refractivity contribution in [2.45, 2.75) is 77.2 Å². The zero-order chi connectivity index (χ0) is 33.0. The van der Waals surface area contributed by atoms with Crippen molar-refractivity contribution < 1.29 is 31.5 Å². The van der Waals surface area contributed by atoms with E-state index in [9.17, 15) is 31.5 Å². The first-order valence-electron chi connectivity index (χ1n) is 15.2. The molecule has 2 N–H and O–H groups in total. The number of hydrogen-bond acceptors (Lipinski definition) is 4. The summed E-state index contributed by atoms with van der Waals surface area (Å²) in [7, 11) is 0. The Labute approximate surface area is 263 Å². The minimum absolute atomic E-state index is 0.0645. The Balaban J connectivity index is 1.50. The molecule has 5 rings (SSSR count). The van der Waals surface area contributed by atoms with Gasteiger partial charge in [0.1, 0.15) is 18.2 Å². The van der Waals surface area contributed by atoms with E-state index < -0.39 is 42.0 Å². The Bertz CT molecular complexity index is 1710. The monoisotopic (exact) mass is 639 g/mol. The zero-order valence-electron chi connectivity index (χ0n) is 25.4. The minimum atomic E-state index is -4.69. The first-order valence-corrected chi connectivity index (χ1v) is 15.2. The van der Waals surface area contributed by atoms with Gasteiger partial charge < -0.3 is 10.6 Å². The second kappa shape index (κ2) is 13.8. The van der Waals surface area contributed by atoms with Crippen molar-refractivity contribution in [1.29, 1.82) is 0 Å². The lowest BCUT2D eigenvalue weighted by molar-refractivity contribution is -0.142. The van der Waals surface area contributed by atoms with Crippen LogP contribution in [-0.4, -0.2) is 32.6 Å². The molecule has 2 aromatic heterocycles. The summed E-state index contributed by atoms with van der Waals surface area (Å²) in [6, 6.07) is 12.5. The number of nitrogens with one attached hydrogen (secondary N) is 2. The van der Waals surface area contributed by atoms with Gasteiger partial charge in [-0.25, -0.2) is 8.78 Å². The van der Waals surface area contributed by atoms with Crippen molar-refractivity contribution in [3.63, 3.8) is 0 Å². The number of nitrogens with zero attached hydrogens (tertiary/aromatic N) is 3. The van der Waals surface area contributed by atoms with Gasteiger partial charge in [0.15, 0.2) is 5.69 Å². The molecule has 12 heteroatoms. The highest BCUT2D eigenvalue weighted by Crippen LogP contribution is 2.34. The van der Waals surface area contributed by atoms with E-state index in [2.05, 4.69) is 20.7 Å². The number of benzene rings is 2. The minimum Gasteiger partial charge on any atom is -0.349 e. The van der Waals surface area contributed by atoms with E-state index in [-0.39, 0.29) is 42.3 Å². The Morgan fingerprint density at radius 3 is 2.41 bits per heavy atom. The molecule has 0 spiro atoms. The van der Waals surface area contributed by atoms with Crippen LogP contribution >= 0.6 is 0 Å². The Hall–Kier alpha value is -4.61. The van der Waals surface area contributed by atoms with Crippen molar-refractivity contribution in [3.05, 3.63) is 106 Å². The number of rotatable bonds is 12. The van der Waals surface area contributed by atoms with Gasteiger partial charge in [-0.05, 0) is 73.6 Å². The molecular weight excluding hydrogens is 605 g/mol. The SMILES string of the molecule is CCCc1c(C(F)(F)F)nn(CC(=O)NC(Cc2cc(F)cc(F)c2)c2ncccc2-c2cccc(C(=O)NC3CC3)c2)c1CC. The van der Waals surface area contributed by atoms with Crippen molar-refractivity contribution in [2.75, 3.05) is 0 Å². The van der Waals surface area contributed by atoms with E-state index in [1.807, 2.05) is 0 Å². The van der Waals surface area contributed by atoms with E-state index in [0.29, 0.717) is 34.5 Å². The summed E-state index contributed by atoms with van der Waals surface area (Å²) in [5.74, 6) is -2.49. The summed E-state index contributed by atoms with van der Waals surface area (Å²) in [4.78, 5) is 30.8. The van der Waals surface area contributed by atoms with Gasteiger partial charge in [0.25, 0.3) is 5.91 Å². The molecule has 7 nitrogen and oxygen atoms in total. The van der Waals surface area contributed by atoms with Crippen LogP contribution in [0.1, 0.15) is 77.7 Å². The van der Waals surface area contributed by atoms with Crippen LogP contribution in [0.15, 0.2) is 60.8 Å². The molecule has 1 atom stereocenters. The number of amides is 2. The number of alkyl halides is 3. The Kier molecular flexibility index (Phi) is 9.83. The molecular formula is C34H34F5N5O2. The maximum Gasteiger partial charge on any atom is 0.435 e. The van der Waals surface area contributed by atoms with Crippen LogP contribution in [0, 0.1) is 11.6 Å². The maximum atomic E-state index is 14.2. The van der Waals surface area contributed by atoms with Crippen molar-refractivity contribution in [2.24, 2.45) is 0 Å². The molecule has 1 saturated carbocycles. The first kappa shape index (κ1) is 32.8. The van der Waals surface area contributed by atoms with Crippen LogP contribution in [0.3, 0.4) is 0 Å². The highest BCUT2D eigenvalue weighted by Gasteiger charge is 2.38. The summed E-state index contributed by atoms with van der Waals surface area (Å²) >= 11 is 0. The van der Waals surface area contributed by atoms with Crippen LogP contribution in [0.4, 0.5) is 22.0 Å². The third-order valence-corrected chi connectivity index (χ3v) is 7.78. The number of aromatic nitrogens is 3. The standard InChI is InChI=1S/C34H34F5N5O2/c1-3-7-27-29(4-2)44(43-32(27)34(37,38)39)19-30(45)42-28(16-20-14-23(35)18-24(36)15-20)31-26(10-6-13-40-31)21-8-5-9-22(17-21)33(46)41-25-11-12-25/h5-6,8-10,13-15,17-18,25,28H,3-4,7,11-12,16,19H2,1-2H3,(H,41,46)(H,42,45). The third kappa shape index (κ3) is 7.78. The zero-order valence-corrected chi connectivity index (χ0v) is 25.4. The smallest absolute Gasteiger partial charge is 0.349 e. The Morgan fingerprint density at radius 1 is 1.02 bits per heavy atom. The third-order valence-electron chi connectivity index (χ3n) is 7.78. The largest absolute Gasteiger partial charge is 0.435 e. The van der Waals surface area contributed by atoms with Gasteiger partial charge in [-0.3, -0.25) is 19.3 Å². The number of hydrogen-bond donors (Lipinski definition) is 2. The van der Waals surface area contributed by atoms with Gasteiger partial charge in [0, 0.05) is 40.7 Å². The predicted molar refractivity (Wildman–Crippen MR) is 162 cm³/mol. The van der Waals surface area contributed by atoms with Crippen LogP contribution in [0.5, 0.6) is 0 Å². The van der Waals surface area contributed by atoms with Gasteiger partial charge >= 0.3 is 6.18 Å². The fourth-order valence-corrected chi connectivity index (χ4v) is 5.62. The summed E-state index contributed by atoms with van der Waals surface area (Å²) in [5, 5.41) is 9.58. The second-order valence-corrected chi connectivity index (χ2v) is 11.4. The van der Waals surface area contributed by atoms with Crippen LogP contribution in [0.2, 0.25) is 0 Å². The molecule has 2 amide bonds. The molecule has 1 unspecified atom stereocenters. The van der Waals surface area contributed by atoms with Gasteiger partial charge in [0.2, 0.25) is 5.91 Å². The van der Waals surface area contributed by atoms with E-state index >= 15 is 0 Å². The van der Waals surface area contributed by atoms with Gasteiger partial charge in [-0.15, -0.1) is 0 Å². The molecule has 0 saturated heterocycles. The number of pyridine rings is 1. The molecule has 242 valence electrons. The Morgan fingerprint density at radius 2 is 1.76 bits per heavy atom. The lowest BCUT2D eigenvalue weighted by Gasteiger charge is -2.22. The summed E-state index contributed by atoms with van der Waals surface area (Å²) in [5.41, 5.74) is 1.56. The first-order chi connectivity index (χ1) is 22.0. The van der Waals surface area contributed by atoms with Crippen molar-refractivity contribution in [1.82, 2.24) is 25.4 Å². The average molecular weight is 640 g/mol. The lowest BCUT2D eigenvalue weighted by Crippen LogP contribution is -2.34. The molecule has 2 heterocycles. The van der Waals surface area contributed by atoms with E-state index in [4.69, 9.17) is 0 Å². The van der Waals surface area contributed by atoms with Crippen LogP contribution in [0.25, 0.3) is 11.1 Å². The van der Waals surface area contributed by atoms with Gasteiger partial charge in [-0.1, -0.05) is 38.5 Å². The van der Waals surface area contributed by atoms with Crippen LogP contribution in [-0.2, 0) is 36.8 Å². The number of carbonyl (C=O) groups excluding carboxylic acids is 2. The fourth-order valence-electron chi connectivity index (χ4n) is 5.62. The summed E-state index contributed by atoms with van der Waals surface area (Å²) < 4.78 is 71.0. The molecule has 46 heavy (non-hydrogen) atoms. The topological polar surface area (TPSA) is 88.9 Å². The van der Waals surface area contributed by atoms with E-state index in [0.717, 1.165) is 35.7 Å². The van der Waals surface area contributed by atoms with E-state index in [1.165, 1.54) is 6.20 Å². The quantitative estimate of drug-likeness (QED) is 0.168. The van der Waals surface area contributed by atoms with Crippen LogP contribution < -0.4 is 10.6 Å². The molecule has 1 fully saturated rings. The normalized spacial score (nSPS) is 13.8. The molecule has 0 bridgehead atoms. The molecule has 0 radical (unpaired) electrons. The molecule has 4 aromatic rings. The van der Waals surface area contributed by atoms with E-state index in [1.54, 1.807) is 50.2 Å². The van der Waals surface area contributed by atoms with Crippen molar-refractivity contribution in [3.8, 4) is 11.1 Å². The predicted octanol–water partition coefficient (Wildman–Crippen LogP) is 6.75. The second-order valence-electron chi connectivity index (χ2n) is 11.4. The molecule has 2 aromatic carbocycles. The summed E-state index contributed by atoms with van der Waals surface area (Å²) in [6.07, 6.45) is -0.565.